The number of aromatic amines is 1. The molecule has 0 saturated carbocycles. The lowest BCUT2D eigenvalue weighted by atomic mass is 9.82. The molecule has 0 saturated heterocycles. The van der Waals surface area contributed by atoms with E-state index in [-0.39, 0.29) is 17.4 Å². The molecule has 0 spiro atoms. The number of carbonyl (C=O) groups is 2. The molecule has 2 heterocycles. The second-order valence-electron chi connectivity index (χ2n) is 8.70. The van der Waals surface area contributed by atoms with Gasteiger partial charge >= 0.3 is 0 Å². The van der Waals surface area contributed by atoms with Crippen molar-refractivity contribution in [2.24, 2.45) is 0 Å². The van der Waals surface area contributed by atoms with Crippen LogP contribution in [0, 0.1) is 6.92 Å². The van der Waals surface area contributed by atoms with Crippen molar-refractivity contribution in [2.75, 3.05) is 7.05 Å². The quantitative estimate of drug-likeness (QED) is 0.229. The van der Waals surface area contributed by atoms with Crippen molar-refractivity contribution in [3.8, 4) is 0 Å². The van der Waals surface area contributed by atoms with Gasteiger partial charge in [0, 0.05) is 45.1 Å². The second-order valence-corrected chi connectivity index (χ2v) is 8.70. The molecule has 0 fully saturated rings. The fourth-order valence-electron chi connectivity index (χ4n) is 5.71. The first-order valence-corrected chi connectivity index (χ1v) is 10.4. The maximum Gasteiger partial charge on any atom is 0.261 e. The number of imide groups is 1. The van der Waals surface area contributed by atoms with Gasteiger partial charge in [0.15, 0.2) is 0 Å². The molecule has 5 nitrogen and oxygen atoms in total. The summed E-state index contributed by atoms with van der Waals surface area (Å²) in [4.78, 5) is 42.7. The Kier molecular flexibility index (Phi) is 2.90. The summed E-state index contributed by atoms with van der Waals surface area (Å²) in [7, 11) is 1.53. The Morgan fingerprint density at radius 3 is 2.09 bits per heavy atom. The van der Waals surface area contributed by atoms with E-state index < -0.39 is 0 Å². The zero-order valence-corrected chi connectivity index (χ0v) is 17.4. The summed E-state index contributed by atoms with van der Waals surface area (Å²) in [6.45, 7) is 6.04. The molecule has 152 valence electrons. The van der Waals surface area contributed by atoms with Gasteiger partial charge in [-0.1, -0.05) is 30.8 Å². The molecule has 7 rings (SSSR count). The van der Waals surface area contributed by atoms with Crippen molar-refractivity contribution in [1.29, 1.82) is 0 Å². The molecule has 1 aliphatic rings. The van der Waals surface area contributed by atoms with Crippen LogP contribution in [0.4, 0.5) is 0 Å². The number of amides is 2. The average Bonchev–Trinajstić information content (AvgIpc) is 2.79. The predicted molar refractivity (Wildman–Crippen MR) is 128 cm³/mol. The molecule has 6 aromatic rings. The van der Waals surface area contributed by atoms with Gasteiger partial charge in [0.05, 0.1) is 0 Å². The molecule has 0 atom stereocenters. The first kappa shape index (κ1) is 17.4. The van der Waals surface area contributed by atoms with Crippen LogP contribution in [0.2, 0.25) is 0 Å². The Hall–Kier alpha value is -4.25. The number of hydrogen-bond donors (Lipinski definition) is 1. The average molecular weight is 416 g/mol. The van der Waals surface area contributed by atoms with Crippen LogP contribution in [0.1, 0.15) is 26.3 Å². The van der Waals surface area contributed by atoms with E-state index in [4.69, 9.17) is 0 Å². The number of nitrogens with one attached hydrogen (secondary N) is 1. The highest BCUT2D eigenvalue weighted by Gasteiger charge is 2.32. The lowest BCUT2D eigenvalue weighted by molar-refractivity contribution is 0.0650. The minimum Gasteiger partial charge on any atom is -0.322 e. The summed E-state index contributed by atoms with van der Waals surface area (Å²) in [6.07, 6.45) is 0. The Morgan fingerprint density at radius 1 is 0.688 bits per heavy atom. The normalized spacial score (nSPS) is 14.2. The third-order valence-electron chi connectivity index (χ3n) is 7.10. The summed E-state index contributed by atoms with van der Waals surface area (Å²) in [5.74, 6) is -0.564. The highest BCUT2D eigenvalue weighted by Crippen LogP contribution is 2.46. The minimum absolute atomic E-state index is 0.154. The van der Waals surface area contributed by atoms with Gasteiger partial charge < -0.3 is 4.98 Å². The van der Waals surface area contributed by atoms with E-state index in [0.29, 0.717) is 21.9 Å². The lowest BCUT2D eigenvalue weighted by Crippen LogP contribution is -2.37. The van der Waals surface area contributed by atoms with Crippen molar-refractivity contribution in [1.82, 2.24) is 9.88 Å². The predicted octanol–water partition coefficient (Wildman–Crippen LogP) is 4.24. The van der Waals surface area contributed by atoms with Crippen LogP contribution in [0.3, 0.4) is 0 Å². The van der Waals surface area contributed by atoms with E-state index in [2.05, 4.69) is 17.6 Å². The fourth-order valence-corrected chi connectivity index (χ4v) is 5.71. The zero-order chi connectivity index (χ0) is 22.0. The molecule has 1 aromatic heterocycles. The van der Waals surface area contributed by atoms with Gasteiger partial charge in [-0.3, -0.25) is 19.3 Å². The van der Waals surface area contributed by atoms with E-state index in [1.165, 1.54) is 11.9 Å². The number of fused-ring (bicyclic) bond motifs is 2. The number of pyridine rings is 1. The van der Waals surface area contributed by atoms with Crippen LogP contribution in [0.5, 0.6) is 0 Å². The van der Waals surface area contributed by atoms with Gasteiger partial charge in [-0.05, 0) is 63.0 Å². The number of H-pyrrole nitrogens is 1. The van der Waals surface area contributed by atoms with Crippen molar-refractivity contribution in [3.05, 3.63) is 74.9 Å². The van der Waals surface area contributed by atoms with Crippen LogP contribution in [-0.4, -0.2) is 28.7 Å². The van der Waals surface area contributed by atoms with E-state index in [9.17, 15) is 14.4 Å². The van der Waals surface area contributed by atoms with Crippen LogP contribution in [0.15, 0.2) is 47.3 Å². The molecular formula is C27H16N2O3. The third kappa shape index (κ3) is 1.76. The molecule has 0 aliphatic carbocycles. The van der Waals surface area contributed by atoms with E-state index in [1.54, 1.807) is 0 Å². The van der Waals surface area contributed by atoms with E-state index in [0.717, 1.165) is 54.0 Å². The van der Waals surface area contributed by atoms with Gasteiger partial charge in [-0.15, -0.1) is 0 Å². The number of benzene rings is 5. The monoisotopic (exact) mass is 416 g/mol. The Balaban J connectivity index is 1.88. The minimum atomic E-state index is -0.284. The molecule has 5 heteroatoms. The largest absolute Gasteiger partial charge is 0.322 e. The molecule has 0 bridgehead atoms. The third-order valence-corrected chi connectivity index (χ3v) is 7.10. The standard InChI is InChI=1S/C27H16N2O3/c1-11-10-19-23-18(26(31)29(3)27(19)32)9-6-15-14-5-4-13-12(2)28-25(30)17-8-7-16(20(11)24(15)23)22(14)21(13)17/h4-10H,2H2,1,3H3,(H,28,30). The fraction of sp³-hybridized carbons (Fsp3) is 0.0741. The Morgan fingerprint density at radius 2 is 1.28 bits per heavy atom. The van der Waals surface area contributed by atoms with E-state index >= 15 is 0 Å². The summed E-state index contributed by atoms with van der Waals surface area (Å²) in [6, 6.07) is 13.6. The Labute approximate surface area is 180 Å². The molecule has 0 unspecified atom stereocenters. The number of carbonyl (C=O) groups excluding carboxylic acids is 2. The first-order chi connectivity index (χ1) is 15.4. The van der Waals surface area contributed by atoms with Crippen LogP contribution >= 0.6 is 0 Å². The van der Waals surface area contributed by atoms with Crippen LogP contribution in [0.25, 0.3) is 60.4 Å². The van der Waals surface area contributed by atoms with Gasteiger partial charge in [0.1, 0.15) is 0 Å². The number of aromatic nitrogens is 1. The van der Waals surface area contributed by atoms with Crippen molar-refractivity contribution < 1.29 is 9.59 Å². The molecule has 0 radical (unpaired) electrons. The van der Waals surface area contributed by atoms with Crippen molar-refractivity contribution in [3.63, 3.8) is 0 Å². The summed E-state index contributed by atoms with van der Waals surface area (Å²) >= 11 is 0. The molecule has 32 heavy (non-hydrogen) atoms. The van der Waals surface area contributed by atoms with Crippen LogP contribution in [-0.2, 0) is 0 Å². The number of rotatable bonds is 0. The molecule has 5 aromatic carbocycles. The molecule has 1 N–H and O–H groups in total. The molecule has 2 amide bonds. The van der Waals surface area contributed by atoms with Gasteiger partial charge in [-0.2, -0.15) is 0 Å². The highest BCUT2D eigenvalue weighted by atomic mass is 16.2. The smallest absolute Gasteiger partial charge is 0.261 e. The summed E-state index contributed by atoms with van der Waals surface area (Å²) in [5, 5.41) is 9.70. The summed E-state index contributed by atoms with van der Waals surface area (Å²) in [5.41, 5.74) is 1.91. The van der Waals surface area contributed by atoms with Gasteiger partial charge in [0.2, 0.25) is 0 Å². The maximum absolute atomic E-state index is 13.0. The molecular weight excluding hydrogens is 400 g/mol. The van der Waals surface area contributed by atoms with Crippen molar-refractivity contribution >= 4 is 72.3 Å². The SMILES string of the molecule is C=c1[nH]c(=O)c2ccc3c4c(C)cc5c6c(ccc(c7ccc1c2c73)c64)C(=O)N(C)C5=O. The van der Waals surface area contributed by atoms with E-state index in [1.807, 2.05) is 43.3 Å². The second kappa shape index (κ2) is 5.32. The summed E-state index contributed by atoms with van der Waals surface area (Å²) < 4.78 is 0. The molecule has 1 aliphatic heterocycles. The zero-order valence-electron chi connectivity index (χ0n) is 17.4. The van der Waals surface area contributed by atoms with Crippen LogP contribution < -0.4 is 10.9 Å². The Bertz CT molecular complexity index is 1950. The number of nitrogens with zero attached hydrogens (tertiary/aromatic N) is 1. The topological polar surface area (TPSA) is 70.2 Å². The van der Waals surface area contributed by atoms with Gasteiger partial charge in [-0.25, -0.2) is 0 Å². The first-order valence-electron chi connectivity index (χ1n) is 10.4. The highest BCUT2D eigenvalue weighted by molar-refractivity contribution is 6.40. The van der Waals surface area contributed by atoms with Crippen molar-refractivity contribution in [2.45, 2.75) is 6.92 Å². The number of hydrogen-bond acceptors (Lipinski definition) is 3. The maximum atomic E-state index is 13.0. The van der Waals surface area contributed by atoms with Gasteiger partial charge in [0.25, 0.3) is 17.4 Å². The number of aryl methyl sites for hydroxylation is 1. The lowest BCUT2D eigenvalue weighted by Gasteiger charge is -2.26.